The zero-order chi connectivity index (χ0) is 12.7. The molecule has 1 N–H and O–H groups in total. The van der Waals surface area contributed by atoms with Crippen LogP contribution in [-0.4, -0.2) is 28.7 Å². The highest BCUT2D eigenvalue weighted by atomic mass is 32.1. The molecule has 1 fully saturated rings. The zero-order valence-corrected chi connectivity index (χ0v) is 11.7. The van der Waals surface area contributed by atoms with E-state index in [0.29, 0.717) is 6.04 Å². The van der Waals surface area contributed by atoms with Crippen LogP contribution in [0, 0.1) is 13.8 Å². The molecule has 5 heteroatoms. The van der Waals surface area contributed by atoms with Crippen LogP contribution < -0.4 is 5.32 Å². The molecular formula is C13H17N3OS. The van der Waals surface area contributed by atoms with Gasteiger partial charge in [-0.1, -0.05) is 0 Å². The van der Waals surface area contributed by atoms with Crippen LogP contribution in [0.3, 0.4) is 0 Å². The molecule has 0 saturated carbocycles. The lowest BCUT2D eigenvalue weighted by Gasteiger charge is -2.17. The summed E-state index contributed by atoms with van der Waals surface area (Å²) in [4.78, 5) is 11.1. The third kappa shape index (κ3) is 1.87. The van der Waals surface area contributed by atoms with Crippen LogP contribution >= 0.6 is 11.3 Å². The minimum Gasteiger partial charge on any atom is -0.376 e. The summed E-state index contributed by atoms with van der Waals surface area (Å²) in [5.74, 6) is 0.948. The van der Waals surface area contributed by atoms with Crippen LogP contribution in [0.1, 0.15) is 23.8 Å². The van der Waals surface area contributed by atoms with E-state index in [1.165, 1.54) is 15.8 Å². The van der Waals surface area contributed by atoms with E-state index in [4.69, 9.17) is 4.74 Å². The van der Waals surface area contributed by atoms with Crippen molar-refractivity contribution < 1.29 is 4.74 Å². The van der Waals surface area contributed by atoms with Crippen molar-refractivity contribution in [3.05, 3.63) is 16.8 Å². The van der Waals surface area contributed by atoms with Crippen LogP contribution in [0.15, 0.2) is 6.33 Å². The highest BCUT2D eigenvalue weighted by Gasteiger charge is 2.25. The summed E-state index contributed by atoms with van der Waals surface area (Å²) in [7, 11) is 0. The van der Waals surface area contributed by atoms with Gasteiger partial charge < -0.3 is 10.1 Å². The summed E-state index contributed by atoms with van der Waals surface area (Å²) in [6, 6.07) is 0.350. The Labute approximate surface area is 110 Å². The SMILES string of the molecule is Cc1sc2ncnc(NC3CCOC3C)c2c1C. The number of ether oxygens (including phenoxy) is 1. The lowest BCUT2D eigenvalue weighted by molar-refractivity contribution is 0.121. The third-order valence-corrected chi connectivity index (χ3v) is 4.78. The smallest absolute Gasteiger partial charge is 0.138 e. The van der Waals surface area contributed by atoms with Crippen molar-refractivity contribution >= 4 is 27.4 Å². The van der Waals surface area contributed by atoms with E-state index >= 15 is 0 Å². The van der Waals surface area contributed by atoms with Crippen molar-refractivity contribution in [2.75, 3.05) is 11.9 Å². The fourth-order valence-electron chi connectivity index (χ4n) is 2.39. The number of hydrogen-bond acceptors (Lipinski definition) is 5. The first-order valence-electron chi connectivity index (χ1n) is 6.25. The van der Waals surface area contributed by atoms with E-state index in [0.717, 1.165) is 23.7 Å². The molecule has 1 aliphatic heterocycles. The van der Waals surface area contributed by atoms with Crippen LogP contribution in [0.5, 0.6) is 0 Å². The number of aromatic nitrogens is 2. The Morgan fingerprint density at radius 3 is 2.94 bits per heavy atom. The predicted molar refractivity (Wildman–Crippen MR) is 74.3 cm³/mol. The lowest BCUT2D eigenvalue weighted by Crippen LogP contribution is -2.27. The molecule has 2 unspecified atom stereocenters. The zero-order valence-electron chi connectivity index (χ0n) is 10.9. The first-order valence-corrected chi connectivity index (χ1v) is 7.07. The Bertz CT molecular complexity index is 581. The average molecular weight is 263 g/mol. The fourth-order valence-corrected chi connectivity index (χ4v) is 3.39. The van der Waals surface area contributed by atoms with Crippen LogP contribution in [-0.2, 0) is 4.74 Å². The number of rotatable bonds is 2. The molecule has 2 aromatic rings. The van der Waals surface area contributed by atoms with Gasteiger partial charge in [0.05, 0.1) is 17.5 Å². The van der Waals surface area contributed by atoms with E-state index in [1.807, 2.05) is 0 Å². The predicted octanol–water partition coefficient (Wildman–Crippen LogP) is 2.90. The van der Waals surface area contributed by atoms with Gasteiger partial charge in [0.25, 0.3) is 0 Å². The molecule has 18 heavy (non-hydrogen) atoms. The maximum atomic E-state index is 5.58. The molecule has 0 radical (unpaired) electrons. The normalized spacial score (nSPS) is 23.7. The highest BCUT2D eigenvalue weighted by Crippen LogP contribution is 2.33. The summed E-state index contributed by atoms with van der Waals surface area (Å²) < 4.78 is 5.58. The lowest BCUT2D eigenvalue weighted by atomic mass is 10.1. The van der Waals surface area contributed by atoms with Crippen LogP contribution in [0.25, 0.3) is 10.2 Å². The van der Waals surface area contributed by atoms with Gasteiger partial charge in [0.1, 0.15) is 17.0 Å². The summed E-state index contributed by atoms with van der Waals surface area (Å²) >= 11 is 1.73. The van der Waals surface area contributed by atoms with E-state index in [2.05, 4.69) is 36.1 Å². The van der Waals surface area contributed by atoms with Crippen LogP contribution in [0.2, 0.25) is 0 Å². The molecular weight excluding hydrogens is 246 g/mol. The minimum absolute atomic E-state index is 0.245. The van der Waals surface area contributed by atoms with Gasteiger partial charge in [-0.3, -0.25) is 0 Å². The molecule has 2 atom stereocenters. The molecule has 0 spiro atoms. The van der Waals surface area contributed by atoms with Gasteiger partial charge in [0.2, 0.25) is 0 Å². The van der Waals surface area contributed by atoms with Crippen molar-refractivity contribution in [1.29, 1.82) is 0 Å². The van der Waals surface area contributed by atoms with Gasteiger partial charge in [0, 0.05) is 11.5 Å². The first-order chi connectivity index (χ1) is 8.66. The quantitative estimate of drug-likeness (QED) is 0.905. The molecule has 0 amide bonds. The first kappa shape index (κ1) is 11.9. The standard InChI is InChI=1S/C13H17N3OS/c1-7-9(3)18-13-11(7)12(14-6-15-13)16-10-4-5-17-8(10)2/h6,8,10H,4-5H2,1-3H3,(H,14,15,16). The number of anilines is 1. The summed E-state index contributed by atoms with van der Waals surface area (Å²) in [5, 5.41) is 4.68. The topological polar surface area (TPSA) is 47.0 Å². The maximum absolute atomic E-state index is 5.58. The largest absolute Gasteiger partial charge is 0.376 e. The number of nitrogens with zero attached hydrogens (tertiary/aromatic N) is 2. The summed E-state index contributed by atoms with van der Waals surface area (Å²) in [6.07, 6.45) is 2.92. The Hall–Kier alpha value is -1.20. The van der Waals surface area contributed by atoms with Gasteiger partial charge >= 0.3 is 0 Å². The molecule has 0 aromatic carbocycles. The Balaban J connectivity index is 2.01. The van der Waals surface area contributed by atoms with Gasteiger partial charge in [-0.05, 0) is 32.8 Å². The van der Waals surface area contributed by atoms with E-state index in [9.17, 15) is 0 Å². The van der Waals surface area contributed by atoms with Gasteiger partial charge in [0.15, 0.2) is 0 Å². The number of hydrogen-bond donors (Lipinski definition) is 1. The molecule has 0 bridgehead atoms. The maximum Gasteiger partial charge on any atom is 0.138 e. The van der Waals surface area contributed by atoms with E-state index in [1.54, 1.807) is 17.7 Å². The number of fused-ring (bicyclic) bond motifs is 1. The Morgan fingerprint density at radius 1 is 1.39 bits per heavy atom. The molecule has 96 valence electrons. The Kier molecular flexibility index (Phi) is 2.95. The fraction of sp³-hybridized carbons (Fsp3) is 0.538. The molecule has 1 saturated heterocycles. The molecule has 3 heterocycles. The average Bonchev–Trinajstić information content (AvgIpc) is 2.86. The number of thiophene rings is 1. The monoisotopic (exact) mass is 263 g/mol. The molecule has 0 aliphatic carbocycles. The molecule has 3 rings (SSSR count). The highest BCUT2D eigenvalue weighted by molar-refractivity contribution is 7.18. The summed E-state index contributed by atoms with van der Waals surface area (Å²) in [5.41, 5.74) is 1.28. The second kappa shape index (κ2) is 4.48. The van der Waals surface area contributed by atoms with E-state index < -0.39 is 0 Å². The van der Waals surface area contributed by atoms with Gasteiger partial charge in [-0.15, -0.1) is 11.3 Å². The molecule has 1 aliphatic rings. The van der Waals surface area contributed by atoms with Crippen molar-refractivity contribution in [2.24, 2.45) is 0 Å². The van der Waals surface area contributed by atoms with Crippen molar-refractivity contribution in [3.8, 4) is 0 Å². The molecule has 4 nitrogen and oxygen atoms in total. The van der Waals surface area contributed by atoms with Crippen molar-refractivity contribution in [2.45, 2.75) is 39.3 Å². The Morgan fingerprint density at radius 2 is 2.22 bits per heavy atom. The molecule has 2 aromatic heterocycles. The number of aryl methyl sites for hydroxylation is 2. The second-order valence-electron chi connectivity index (χ2n) is 4.80. The van der Waals surface area contributed by atoms with Crippen molar-refractivity contribution in [3.63, 3.8) is 0 Å². The van der Waals surface area contributed by atoms with Crippen molar-refractivity contribution in [1.82, 2.24) is 9.97 Å². The third-order valence-electron chi connectivity index (χ3n) is 3.66. The van der Waals surface area contributed by atoms with Gasteiger partial charge in [-0.25, -0.2) is 9.97 Å². The minimum atomic E-state index is 0.245. The summed E-state index contributed by atoms with van der Waals surface area (Å²) in [6.45, 7) is 7.20. The second-order valence-corrected chi connectivity index (χ2v) is 6.00. The van der Waals surface area contributed by atoms with Crippen LogP contribution in [0.4, 0.5) is 5.82 Å². The number of nitrogens with one attached hydrogen (secondary N) is 1. The van der Waals surface area contributed by atoms with Gasteiger partial charge in [-0.2, -0.15) is 0 Å². The van der Waals surface area contributed by atoms with E-state index in [-0.39, 0.29) is 6.10 Å².